The summed E-state index contributed by atoms with van der Waals surface area (Å²) in [5.41, 5.74) is 0.178. The molecule has 2 aromatic heterocycles. The average Bonchev–Trinajstić information content (AvgIpc) is 1.99. The normalized spacial score (nSPS) is 10.7. The number of fused-ring (bicyclic) bond motifs is 1. The molecule has 0 aromatic carbocycles. The van der Waals surface area contributed by atoms with Gasteiger partial charge in [0.2, 0.25) is 11.7 Å². The van der Waals surface area contributed by atoms with Crippen LogP contribution in [-0.2, 0) is 0 Å². The number of halogens is 1. The van der Waals surface area contributed by atoms with Crippen LogP contribution in [0.25, 0.3) is 5.78 Å². The van der Waals surface area contributed by atoms with Gasteiger partial charge in [-0.3, -0.25) is 4.79 Å². The zero-order chi connectivity index (χ0) is 10.3. The molecule has 1 N–H and O–H groups in total. The molecule has 0 atom stereocenters. The van der Waals surface area contributed by atoms with Crippen molar-refractivity contribution < 1.29 is 5.11 Å². The van der Waals surface area contributed by atoms with Crippen LogP contribution >= 0.6 is 11.6 Å². The highest BCUT2D eigenvalue weighted by Crippen LogP contribution is 2.10. The minimum atomic E-state index is -0.454. The fourth-order valence-corrected chi connectivity index (χ4v) is 1.48. The predicted molar refractivity (Wildman–Crippen MR) is 50.7 cm³/mol. The van der Waals surface area contributed by atoms with E-state index in [2.05, 4.69) is 9.97 Å². The number of hydrogen-bond acceptors (Lipinski definition) is 4. The van der Waals surface area contributed by atoms with Crippen LogP contribution in [0.2, 0.25) is 5.15 Å². The zero-order valence-electron chi connectivity index (χ0n) is 7.23. The molecule has 72 valence electrons. The second-order valence-electron chi connectivity index (χ2n) is 2.81. The summed E-state index contributed by atoms with van der Waals surface area (Å²) in [4.78, 5) is 19.0. The lowest BCUT2D eigenvalue weighted by atomic mass is 10.4. The van der Waals surface area contributed by atoms with E-state index in [9.17, 15) is 4.79 Å². The number of rotatable bonds is 0. The molecule has 2 rings (SSSR count). The monoisotopic (exact) mass is 211 g/mol. The highest BCUT2D eigenvalue weighted by molar-refractivity contribution is 6.29. The second-order valence-corrected chi connectivity index (χ2v) is 3.20. The molecule has 0 fully saturated rings. The first-order valence-corrected chi connectivity index (χ1v) is 4.21. The van der Waals surface area contributed by atoms with E-state index in [1.807, 2.05) is 0 Å². The predicted octanol–water partition coefficient (Wildman–Crippen LogP) is 0.757. The van der Waals surface area contributed by atoms with Crippen LogP contribution in [0.5, 0.6) is 5.88 Å². The van der Waals surface area contributed by atoms with Gasteiger partial charge < -0.3 is 5.11 Å². The summed E-state index contributed by atoms with van der Waals surface area (Å²) in [7, 11) is 0. The third-order valence-corrected chi connectivity index (χ3v) is 1.98. The first-order valence-electron chi connectivity index (χ1n) is 3.84. The van der Waals surface area contributed by atoms with Gasteiger partial charge in [0.05, 0.1) is 6.07 Å². The van der Waals surface area contributed by atoms with E-state index in [1.54, 1.807) is 13.0 Å². The smallest absolute Gasteiger partial charge is 0.264 e. The molecular weight excluding hydrogens is 206 g/mol. The third kappa shape index (κ3) is 1.31. The lowest BCUT2D eigenvalue weighted by Gasteiger charge is -2.02. The molecule has 0 bridgehead atoms. The zero-order valence-corrected chi connectivity index (χ0v) is 7.99. The fraction of sp³-hybridized carbons (Fsp3) is 0.125. The van der Waals surface area contributed by atoms with Gasteiger partial charge in [0.25, 0.3) is 5.56 Å². The molecule has 14 heavy (non-hydrogen) atoms. The molecule has 0 aliphatic rings. The molecule has 0 amide bonds. The summed E-state index contributed by atoms with van der Waals surface area (Å²) < 4.78 is 1.12. The minimum absolute atomic E-state index is 0.0972. The van der Waals surface area contributed by atoms with Gasteiger partial charge in [0.1, 0.15) is 5.15 Å². The van der Waals surface area contributed by atoms with Gasteiger partial charge in [-0.1, -0.05) is 11.6 Å². The first-order chi connectivity index (χ1) is 6.58. The van der Waals surface area contributed by atoms with E-state index in [1.165, 1.54) is 0 Å². The van der Waals surface area contributed by atoms with Crippen LogP contribution in [0.15, 0.2) is 16.9 Å². The summed E-state index contributed by atoms with van der Waals surface area (Å²) in [5.74, 6) is -0.260. The SMILES string of the molecule is Cc1cc(Cl)n2c(=O)cc(O)nc2n1. The van der Waals surface area contributed by atoms with Crippen molar-refractivity contribution in [2.45, 2.75) is 6.92 Å². The Morgan fingerprint density at radius 3 is 2.86 bits per heavy atom. The summed E-state index contributed by atoms with van der Waals surface area (Å²) in [5, 5.41) is 9.31. The van der Waals surface area contributed by atoms with Gasteiger partial charge in [-0.15, -0.1) is 0 Å². The third-order valence-electron chi connectivity index (χ3n) is 1.71. The number of nitrogens with zero attached hydrogens (tertiary/aromatic N) is 3. The molecule has 5 nitrogen and oxygen atoms in total. The van der Waals surface area contributed by atoms with Crippen LogP contribution in [-0.4, -0.2) is 19.5 Å². The van der Waals surface area contributed by atoms with Crippen LogP contribution in [0.1, 0.15) is 5.69 Å². The van der Waals surface area contributed by atoms with E-state index in [0.29, 0.717) is 5.69 Å². The van der Waals surface area contributed by atoms with E-state index in [4.69, 9.17) is 16.7 Å². The Kier molecular flexibility index (Phi) is 1.89. The molecule has 0 radical (unpaired) electrons. The van der Waals surface area contributed by atoms with Gasteiger partial charge in [-0.2, -0.15) is 4.98 Å². The molecule has 6 heteroatoms. The highest BCUT2D eigenvalue weighted by Gasteiger charge is 2.06. The Morgan fingerprint density at radius 1 is 1.43 bits per heavy atom. The molecular formula is C8H6ClN3O2. The van der Waals surface area contributed by atoms with Gasteiger partial charge in [0, 0.05) is 5.69 Å². The molecule has 2 heterocycles. The number of hydrogen-bond donors (Lipinski definition) is 1. The van der Waals surface area contributed by atoms with Crippen molar-refractivity contribution in [3.8, 4) is 5.88 Å². The summed E-state index contributed by atoms with van der Waals surface area (Å²) in [6.07, 6.45) is 0. The summed E-state index contributed by atoms with van der Waals surface area (Å²) >= 11 is 5.82. The van der Waals surface area contributed by atoms with Crippen LogP contribution in [0.4, 0.5) is 0 Å². The quantitative estimate of drug-likeness (QED) is 0.654. The Hall–Kier alpha value is -1.62. The Labute approximate surface area is 83.6 Å². The highest BCUT2D eigenvalue weighted by atomic mass is 35.5. The van der Waals surface area contributed by atoms with Gasteiger partial charge in [-0.05, 0) is 13.0 Å². The standard InChI is InChI=1S/C8H6ClN3O2/c1-4-2-5(9)12-7(14)3-6(13)11-8(12)10-4/h2-3,13H,1H3. The van der Waals surface area contributed by atoms with Crippen molar-refractivity contribution in [2.75, 3.05) is 0 Å². The molecule has 0 saturated heterocycles. The van der Waals surface area contributed by atoms with E-state index >= 15 is 0 Å². The second kappa shape index (κ2) is 2.95. The Morgan fingerprint density at radius 2 is 2.14 bits per heavy atom. The van der Waals surface area contributed by atoms with Crippen molar-refractivity contribution >= 4 is 17.4 Å². The molecule has 2 aromatic rings. The summed E-state index contributed by atoms with van der Waals surface area (Å²) in [6.45, 7) is 1.72. The van der Waals surface area contributed by atoms with Crippen LogP contribution < -0.4 is 5.56 Å². The largest absolute Gasteiger partial charge is 0.493 e. The maximum atomic E-state index is 11.4. The van der Waals surface area contributed by atoms with Crippen LogP contribution in [0, 0.1) is 6.92 Å². The van der Waals surface area contributed by atoms with Crippen molar-refractivity contribution in [2.24, 2.45) is 0 Å². The van der Waals surface area contributed by atoms with Gasteiger partial charge >= 0.3 is 0 Å². The van der Waals surface area contributed by atoms with Crippen molar-refractivity contribution in [3.63, 3.8) is 0 Å². The van der Waals surface area contributed by atoms with Crippen molar-refractivity contribution in [1.82, 2.24) is 14.4 Å². The van der Waals surface area contributed by atoms with E-state index in [0.717, 1.165) is 10.5 Å². The average molecular weight is 212 g/mol. The summed E-state index contributed by atoms with van der Waals surface area (Å²) in [6, 6.07) is 2.53. The fourth-order valence-electron chi connectivity index (χ4n) is 1.16. The molecule has 0 aliphatic heterocycles. The molecule has 0 spiro atoms. The molecule has 0 saturated carbocycles. The maximum absolute atomic E-state index is 11.4. The van der Waals surface area contributed by atoms with Crippen LogP contribution in [0.3, 0.4) is 0 Å². The minimum Gasteiger partial charge on any atom is -0.493 e. The topological polar surface area (TPSA) is 67.5 Å². The van der Waals surface area contributed by atoms with Gasteiger partial charge in [0.15, 0.2) is 0 Å². The van der Waals surface area contributed by atoms with Gasteiger partial charge in [-0.25, -0.2) is 9.38 Å². The Bertz CT molecular complexity index is 559. The van der Waals surface area contributed by atoms with Crippen molar-refractivity contribution in [1.29, 1.82) is 0 Å². The Balaban J connectivity index is 3.02. The lowest BCUT2D eigenvalue weighted by Crippen LogP contribution is -2.15. The van der Waals surface area contributed by atoms with E-state index in [-0.39, 0.29) is 16.8 Å². The number of aryl methyl sites for hydroxylation is 1. The maximum Gasteiger partial charge on any atom is 0.264 e. The first kappa shape index (κ1) is 8.96. The molecule has 0 aliphatic carbocycles. The van der Waals surface area contributed by atoms with Crippen molar-refractivity contribution in [3.05, 3.63) is 33.3 Å². The molecule has 0 unspecified atom stereocenters. The lowest BCUT2D eigenvalue weighted by molar-refractivity contribution is 0.452. The number of aromatic hydroxyl groups is 1. The number of aromatic nitrogens is 3. The van der Waals surface area contributed by atoms with E-state index < -0.39 is 5.56 Å².